The molecule has 1 aliphatic rings. The Kier molecular flexibility index (Phi) is 6.33. The van der Waals surface area contributed by atoms with Crippen LogP contribution in [0.5, 0.6) is 11.5 Å². The van der Waals surface area contributed by atoms with Gasteiger partial charge in [0.15, 0.2) is 17.3 Å². The Hall–Kier alpha value is -2.86. The van der Waals surface area contributed by atoms with Gasteiger partial charge in [0.2, 0.25) is 5.89 Å². The zero-order valence-corrected chi connectivity index (χ0v) is 17.9. The van der Waals surface area contributed by atoms with Crippen molar-refractivity contribution in [3.05, 3.63) is 70.9 Å². The molecule has 0 saturated carbocycles. The van der Waals surface area contributed by atoms with Gasteiger partial charge < -0.3 is 14.0 Å². The van der Waals surface area contributed by atoms with Gasteiger partial charge in [0, 0.05) is 13.0 Å². The summed E-state index contributed by atoms with van der Waals surface area (Å²) in [7, 11) is 3.36. The summed E-state index contributed by atoms with van der Waals surface area (Å²) in [5.74, 6) is 2.99. The van der Waals surface area contributed by atoms with E-state index in [4.69, 9.17) is 14.0 Å². The second-order valence-electron chi connectivity index (χ2n) is 7.65. The molecule has 2 aromatic carbocycles. The van der Waals surface area contributed by atoms with Crippen LogP contribution in [0.15, 0.2) is 47.0 Å². The van der Waals surface area contributed by atoms with Gasteiger partial charge in [-0.1, -0.05) is 48.8 Å². The summed E-state index contributed by atoms with van der Waals surface area (Å²) in [4.78, 5) is 7.03. The Morgan fingerprint density at radius 2 is 1.87 bits per heavy atom. The zero-order valence-electron chi connectivity index (χ0n) is 17.9. The van der Waals surface area contributed by atoms with Gasteiger partial charge in [0.05, 0.1) is 26.8 Å². The first-order chi connectivity index (χ1) is 14.7. The summed E-state index contributed by atoms with van der Waals surface area (Å²) in [6, 6.07) is 14.9. The minimum Gasteiger partial charge on any atom is -0.493 e. The highest BCUT2D eigenvalue weighted by Gasteiger charge is 2.31. The van der Waals surface area contributed by atoms with Gasteiger partial charge in [-0.2, -0.15) is 4.98 Å². The molecule has 0 radical (unpaired) electrons. The molecular weight excluding hydrogens is 378 g/mol. The second kappa shape index (κ2) is 9.30. The second-order valence-corrected chi connectivity index (χ2v) is 7.65. The van der Waals surface area contributed by atoms with E-state index in [9.17, 15) is 0 Å². The monoisotopic (exact) mass is 407 g/mol. The predicted molar refractivity (Wildman–Crippen MR) is 115 cm³/mol. The van der Waals surface area contributed by atoms with Gasteiger partial charge in [-0.3, -0.25) is 4.90 Å². The standard InChI is InChI=1S/C24H29N3O3/c1-4-5-11-22-25-23(30-26-22)16-27-13-12-18-14-20(28-2)21(29-3)15-19(18)24(27)17-9-7-6-8-10-17/h6-10,14-15,24H,4-5,11-13,16H2,1-3H3. The first kappa shape index (κ1) is 20.4. The number of hydrogen-bond acceptors (Lipinski definition) is 6. The third-order valence-electron chi connectivity index (χ3n) is 5.69. The molecule has 1 atom stereocenters. The van der Waals surface area contributed by atoms with Crippen molar-refractivity contribution in [2.24, 2.45) is 0 Å². The van der Waals surface area contributed by atoms with Crippen LogP contribution < -0.4 is 9.47 Å². The van der Waals surface area contributed by atoms with Crippen molar-refractivity contribution in [3.63, 3.8) is 0 Å². The van der Waals surface area contributed by atoms with Crippen LogP contribution in [0.1, 0.15) is 54.2 Å². The number of aromatic nitrogens is 2. The van der Waals surface area contributed by atoms with Crippen molar-refractivity contribution in [2.45, 2.75) is 45.2 Å². The lowest BCUT2D eigenvalue weighted by Gasteiger charge is -2.37. The van der Waals surface area contributed by atoms with E-state index in [-0.39, 0.29) is 6.04 Å². The molecule has 1 aromatic heterocycles. The van der Waals surface area contributed by atoms with Crippen molar-refractivity contribution in [3.8, 4) is 11.5 Å². The normalized spacial score (nSPS) is 16.3. The van der Waals surface area contributed by atoms with Crippen molar-refractivity contribution in [2.75, 3.05) is 20.8 Å². The van der Waals surface area contributed by atoms with Crippen LogP contribution in [0, 0.1) is 0 Å². The molecule has 0 N–H and O–H groups in total. The number of fused-ring (bicyclic) bond motifs is 1. The highest BCUT2D eigenvalue weighted by atomic mass is 16.5. The van der Waals surface area contributed by atoms with Crippen LogP contribution in [0.4, 0.5) is 0 Å². The number of benzene rings is 2. The largest absolute Gasteiger partial charge is 0.493 e. The third kappa shape index (κ3) is 4.19. The number of hydrogen-bond donors (Lipinski definition) is 0. The van der Waals surface area contributed by atoms with E-state index < -0.39 is 0 Å². The van der Waals surface area contributed by atoms with Crippen LogP contribution in [0.25, 0.3) is 0 Å². The molecule has 0 fully saturated rings. The quantitative estimate of drug-likeness (QED) is 0.545. The maximum absolute atomic E-state index is 5.60. The average Bonchev–Trinajstić information content (AvgIpc) is 3.24. The Morgan fingerprint density at radius 3 is 2.60 bits per heavy atom. The molecule has 0 amide bonds. The van der Waals surface area contributed by atoms with Crippen molar-refractivity contribution >= 4 is 0 Å². The number of unbranched alkanes of at least 4 members (excludes halogenated alkanes) is 1. The van der Waals surface area contributed by atoms with E-state index in [1.807, 2.05) is 6.07 Å². The molecular formula is C24H29N3O3. The molecule has 3 aromatic rings. The number of nitrogens with zero attached hydrogens (tertiary/aromatic N) is 3. The molecule has 158 valence electrons. The van der Waals surface area contributed by atoms with E-state index >= 15 is 0 Å². The highest BCUT2D eigenvalue weighted by Crippen LogP contribution is 2.41. The van der Waals surface area contributed by atoms with Crippen LogP contribution in [0.3, 0.4) is 0 Å². The molecule has 6 heteroatoms. The summed E-state index contributed by atoms with van der Waals surface area (Å²) in [6.07, 6.45) is 3.98. The fourth-order valence-electron chi connectivity index (χ4n) is 4.16. The molecule has 0 saturated heterocycles. The number of aryl methyl sites for hydroxylation is 1. The van der Waals surface area contributed by atoms with Crippen LogP contribution >= 0.6 is 0 Å². The maximum atomic E-state index is 5.60. The molecule has 1 unspecified atom stereocenters. The Morgan fingerprint density at radius 1 is 1.10 bits per heavy atom. The van der Waals surface area contributed by atoms with Gasteiger partial charge in [0.25, 0.3) is 0 Å². The zero-order chi connectivity index (χ0) is 20.9. The van der Waals surface area contributed by atoms with Gasteiger partial charge in [0.1, 0.15) is 0 Å². The smallest absolute Gasteiger partial charge is 0.240 e. The predicted octanol–water partition coefficient (Wildman–Crippen LogP) is 4.58. The SMILES string of the molecule is CCCCc1noc(CN2CCc3cc(OC)c(OC)cc3C2c2ccccc2)n1. The molecule has 1 aliphatic heterocycles. The average molecular weight is 408 g/mol. The van der Waals surface area contributed by atoms with Gasteiger partial charge in [-0.15, -0.1) is 0 Å². The van der Waals surface area contributed by atoms with Gasteiger partial charge >= 0.3 is 0 Å². The lowest BCUT2D eigenvalue weighted by atomic mass is 9.87. The summed E-state index contributed by atoms with van der Waals surface area (Å²) in [5, 5.41) is 4.16. The fraction of sp³-hybridized carbons (Fsp3) is 0.417. The number of ether oxygens (including phenoxy) is 2. The summed E-state index contributed by atoms with van der Waals surface area (Å²) < 4.78 is 16.7. The number of rotatable bonds is 8. The van der Waals surface area contributed by atoms with Crippen LogP contribution in [0.2, 0.25) is 0 Å². The Balaban J connectivity index is 1.68. The van der Waals surface area contributed by atoms with Crippen LogP contribution in [-0.2, 0) is 19.4 Å². The van der Waals surface area contributed by atoms with Gasteiger partial charge in [-0.05, 0) is 41.7 Å². The number of methoxy groups -OCH3 is 2. The minimum atomic E-state index is 0.0840. The lowest BCUT2D eigenvalue weighted by molar-refractivity contribution is 0.177. The molecule has 0 bridgehead atoms. The van der Waals surface area contributed by atoms with E-state index in [0.717, 1.165) is 49.6 Å². The lowest BCUT2D eigenvalue weighted by Crippen LogP contribution is -2.35. The fourth-order valence-corrected chi connectivity index (χ4v) is 4.16. The summed E-state index contributed by atoms with van der Waals surface area (Å²) in [5.41, 5.74) is 3.75. The summed E-state index contributed by atoms with van der Waals surface area (Å²) in [6.45, 7) is 3.68. The topological polar surface area (TPSA) is 60.6 Å². The molecule has 0 spiro atoms. The van der Waals surface area contributed by atoms with E-state index in [1.165, 1.54) is 16.7 Å². The molecule has 4 rings (SSSR count). The summed E-state index contributed by atoms with van der Waals surface area (Å²) >= 11 is 0. The van der Waals surface area contributed by atoms with Crippen molar-refractivity contribution in [1.82, 2.24) is 15.0 Å². The third-order valence-corrected chi connectivity index (χ3v) is 5.69. The first-order valence-electron chi connectivity index (χ1n) is 10.6. The molecule has 30 heavy (non-hydrogen) atoms. The molecule has 0 aliphatic carbocycles. The van der Waals surface area contributed by atoms with Crippen molar-refractivity contribution in [1.29, 1.82) is 0 Å². The molecule has 2 heterocycles. The first-order valence-corrected chi connectivity index (χ1v) is 10.6. The van der Waals surface area contributed by atoms with Crippen molar-refractivity contribution < 1.29 is 14.0 Å². The van der Waals surface area contributed by atoms with Gasteiger partial charge in [-0.25, -0.2) is 0 Å². The molecule has 6 nitrogen and oxygen atoms in total. The maximum Gasteiger partial charge on any atom is 0.240 e. The van der Waals surface area contributed by atoms with E-state index in [1.54, 1.807) is 14.2 Å². The van der Waals surface area contributed by atoms with E-state index in [2.05, 4.69) is 58.4 Å². The highest BCUT2D eigenvalue weighted by molar-refractivity contribution is 5.51. The van der Waals surface area contributed by atoms with E-state index in [0.29, 0.717) is 12.4 Å². The Labute approximate surface area is 177 Å². The Bertz CT molecular complexity index is 971. The van der Waals surface area contributed by atoms with Crippen LogP contribution in [-0.4, -0.2) is 35.8 Å². The minimum absolute atomic E-state index is 0.0840.